The van der Waals surface area contributed by atoms with Crippen molar-refractivity contribution in [2.45, 2.75) is 58.7 Å². The molecule has 3 aromatic carbocycles. The van der Waals surface area contributed by atoms with Crippen LogP contribution in [0.4, 0.5) is 10.5 Å². The van der Waals surface area contributed by atoms with E-state index in [0.717, 1.165) is 40.8 Å². The molecule has 0 saturated carbocycles. The van der Waals surface area contributed by atoms with Gasteiger partial charge in [0.1, 0.15) is 11.9 Å². The highest BCUT2D eigenvalue weighted by atomic mass is 32.2. The summed E-state index contributed by atoms with van der Waals surface area (Å²) < 4.78 is 31.1. The molecule has 3 amide bonds. The van der Waals surface area contributed by atoms with Crippen LogP contribution in [0.25, 0.3) is 22.4 Å². The Balaban J connectivity index is 1.01. The molecular formula is C41H51N7O6S. The number of H-pyrrole nitrogens is 1. The van der Waals surface area contributed by atoms with Gasteiger partial charge in [0.15, 0.2) is 0 Å². The van der Waals surface area contributed by atoms with E-state index in [1.807, 2.05) is 93.6 Å². The number of anilines is 1. The highest BCUT2D eigenvalue weighted by molar-refractivity contribution is 7.89. The first-order valence-electron chi connectivity index (χ1n) is 19.0. The molecule has 4 aromatic rings. The average molecular weight is 770 g/mol. The molecule has 0 radical (unpaired) electrons. The fourth-order valence-corrected chi connectivity index (χ4v) is 8.70. The minimum atomic E-state index is -3.17. The van der Waals surface area contributed by atoms with Crippen LogP contribution in [0.2, 0.25) is 0 Å². The first kappa shape index (κ1) is 39.6. The lowest BCUT2D eigenvalue weighted by molar-refractivity contribution is -0.135. The number of carbonyl (C=O) groups excluding carboxylic acids is 3. The van der Waals surface area contributed by atoms with Crippen molar-refractivity contribution in [1.29, 1.82) is 0 Å². The van der Waals surface area contributed by atoms with E-state index in [-0.39, 0.29) is 29.5 Å². The van der Waals surface area contributed by atoms with Crippen molar-refractivity contribution in [1.82, 2.24) is 29.4 Å². The molecule has 2 saturated heterocycles. The fourth-order valence-electron chi connectivity index (χ4n) is 7.21. The van der Waals surface area contributed by atoms with E-state index in [0.29, 0.717) is 62.8 Å². The number of benzene rings is 3. The van der Waals surface area contributed by atoms with Crippen molar-refractivity contribution in [3.63, 3.8) is 0 Å². The second kappa shape index (κ2) is 17.6. The number of nitrogens with one attached hydrogen (secondary N) is 3. The minimum absolute atomic E-state index is 0.107. The molecule has 2 aliphatic rings. The van der Waals surface area contributed by atoms with Crippen LogP contribution >= 0.6 is 0 Å². The van der Waals surface area contributed by atoms with Crippen molar-refractivity contribution in [3.8, 4) is 22.4 Å². The highest BCUT2D eigenvalue weighted by Gasteiger charge is 2.37. The molecule has 55 heavy (non-hydrogen) atoms. The number of sulfonamides is 1. The van der Waals surface area contributed by atoms with E-state index in [1.54, 1.807) is 15.4 Å². The molecule has 2 atom stereocenters. The van der Waals surface area contributed by atoms with Gasteiger partial charge in [-0.3, -0.25) is 14.5 Å². The first-order valence-corrected chi connectivity index (χ1v) is 20.6. The Morgan fingerprint density at radius 2 is 1.53 bits per heavy atom. The molecule has 0 aliphatic carbocycles. The zero-order valence-corrected chi connectivity index (χ0v) is 32.8. The quantitative estimate of drug-likeness (QED) is 0.152. The summed E-state index contributed by atoms with van der Waals surface area (Å²) in [5.41, 5.74) is 6.15. The van der Waals surface area contributed by atoms with Gasteiger partial charge in [-0.2, -0.15) is 4.31 Å². The van der Waals surface area contributed by atoms with E-state index < -0.39 is 22.2 Å². The second-order valence-electron chi connectivity index (χ2n) is 14.5. The molecule has 6 rings (SSSR count). The normalized spacial score (nSPS) is 17.3. The van der Waals surface area contributed by atoms with E-state index in [4.69, 9.17) is 4.74 Å². The molecule has 13 nitrogen and oxygen atoms in total. The van der Waals surface area contributed by atoms with Gasteiger partial charge in [0.05, 0.1) is 30.8 Å². The van der Waals surface area contributed by atoms with Crippen LogP contribution < -0.4 is 10.6 Å². The summed E-state index contributed by atoms with van der Waals surface area (Å²) in [6.07, 6.45) is 3.40. The van der Waals surface area contributed by atoms with Crippen LogP contribution in [-0.4, -0.2) is 102 Å². The van der Waals surface area contributed by atoms with Gasteiger partial charge in [-0.05, 0) is 71.7 Å². The van der Waals surface area contributed by atoms with Crippen LogP contribution in [0.5, 0.6) is 0 Å². The van der Waals surface area contributed by atoms with Gasteiger partial charge in [0, 0.05) is 50.5 Å². The lowest BCUT2D eigenvalue weighted by Crippen LogP contribution is -2.51. The third kappa shape index (κ3) is 9.61. The number of likely N-dealkylation sites (tertiary alicyclic amines) is 1. The monoisotopic (exact) mass is 769 g/mol. The molecule has 2 aliphatic heterocycles. The molecule has 0 bridgehead atoms. The Labute approximate surface area is 323 Å². The minimum Gasteiger partial charge on any atom is -0.453 e. The summed E-state index contributed by atoms with van der Waals surface area (Å²) in [7, 11) is -1.88. The van der Waals surface area contributed by atoms with Crippen LogP contribution in [0.1, 0.15) is 67.8 Å². The number of hydrogen-bond acceptors (Lipinski definition) is 8. The van der Waals surface area contributed by atoms with Crippen molar-refractivity contribution < 1.29 is 27.5 Å². The molecule has 1 aromatic heterocycles. The van der Waals surface area contributed by atoms with E-state index in [2.05, 4.69) is 25.5 Å². The Hall–Kier alpha value is -5.05. The summed E-state index contributed by atoms with van der Waals surface area (Å²) in [6, 6.07) is 22.5. The Morgan fingerprint density at radius 3 is 2.15 bits per heavy atom. The van der Waals surface area contributed by atoms with E-state index >= 15 is 0 Å². The number of aromatic amines is 1. The number of piperazine rings is 1. The largest absolute Gasteiger partial charge is 0.453 e. The zero-order valence-electron chi connectivity index (χ0n) is 32.0. The van der Waals surface area contributed by atoms with Crippen molar-refractivity contribution in [2.75, 3.05) is 50.9 Å². The number of aromatic nitrogens is 2. The number of carbonyl (C=O) groups is 3. The standard InChI is InChI=1S/C41H51N7O6S/c1-5-25-55(52,53)47-23-21-46(22-24-47)27-29-8-10-33(11-9-29)39(49)43-34-18-16-31(17-19-34)30-12-14-32(15-13-30)35-26-42-38(44-35)36-7-6-20-48(36)40(50)37(28(2)3)45-41(51)54-4/h8-19,26,28,36-37H,5-7,20-25,27H2,1-4H3,(H,42,44)(H,43,49)(H,45,51)/t36-,37-/m0/s1. The fraction of sp³-hybridized carbons (Fsp3) is 0.415. The zero-order chi connectivity index (χ0) is 39.1. The summed E-state index contributed by atoms with van der Waals surface area (Å²) >= 11 is 0. The maximum Gasteiger partial charge on any atom is 0.407 e. The number of rotatable bonds is 13. The van der Waals surface area contributed by atoms with Gasteiger partial charge in [0.25, 0.3) is 5.91 Å². The number of methoxy groups -OCH3 is 1. The Morgan fingerprint density at radius 1 is 0.891 bits per heavy atom. The second-order valence-corrected chi connectivity index (χ2v) is 16.6. The molecule has 0 spiro atoms. The average Bonchev–Trinajstić information content (AvgIpc) is 3.88. The lowest BCUT2D eigenvalue weighted by Gasteiger charge is -2.34. The maximum atomic E-state index is 13.5. The Bertz CT molecular complexity index is 2040. The predicted molar refractivity (Wildman–Crippen MR) is 213 cm³/mol. The molecule has 14 heteroatoms. The van der Waals surface area contributed by atoms with Crippen LogP contribution in [0.15, 0.2) is 79.0 Å². The van der Waals surface area contributed by atoms with Gasteiger partial charge < -0.3 is 25.3 Å². The van der Waals surface area contributed by atoms with Crippen LogP contribution in [0, 0.1) is 5.92 Å². The van der Waals surface area contributed by atoms with Gasteiger partial charge in [-0.1, -0.05) is 69.3 Å². The van der Waals surface area contributed by atoms with Crippen LogP contribution in [-0.2, 0) is 26.1 Å². The summed E-state index contributed by atoms with van der Waals surface area (Å²) in [6.45, 7) is 9.33. The number of amides is 3. The molecule has 0 unspecified atom stereocenters. The number of hydrogen-bond donors (Lipinski definition) is 3. The van der Waals surface area contributed by atoms with Gasteiger partial charge >= 0.3 is 6.09 Å². The molecule has 2 fully saturated rings. The molecule has 3 N–H and O–H groups in total. The first-order chi connectivity index (χ1) is 26.4. The SMILES string of the molecule is CCCS(=O)(=O)N1CCN(Cc2ccc(C(=O)Nc3ccc(-c4ccc(-c5cnc([C@@H]6CCCN6C(=O)[C@@H](NC(=O)OC)C(C)C)[nH]5)cc4)cc3)cc2)CC1. The Kier molecular flexibility index (Phi) is 12.7. The van der Waals surface area contributed by atoms with Crippen LogP contribution in [0.3, 0.4) is 0 Å². The maximum absolute atomic E-state index is 13.5. The summed E-state index contributed by atoms with van der Waals surface area (Å²) in [5, 5.41) is 5.67. The van der Waals surface area contributed by atoms with Crippen molar-refractivity contribution in [3.05, 3.63) is 95.9 Å². The van der Waals surface area contributed by atoms with Crippen molar-refractivity contribution >= 4 is 33.6 Å². The van der Waals surface area contributed by atoms with Gasteiger partial charge in [-0.25, -0.2) is 18.2 Å². The van der Waals surface area contributed by atoms with E-state index in [1.165, 1.54) is 7.11 Å². The number of ether oxygens (including phenoxy) is 1. The topological polar surface area (TPSA) is 157 Å². The third-order valence-electron chi connectivity index (χ3n) is 10.3. The molecule has 292 valence electrons. The third-order valence-corrected chi connectivity index (χ3v) is 12.4. The smallest absolute Gasteiger partial charge is 0.407 e. The predicted octanol–water partition coefficient (Wildman–Crippen LogP) is 5.90. The number of alkyl carbamates (subject to hydrolysis) is 1. The summed E-state index contributed by atoms with van der Waals surface area (Å²) in [5.74, 6) is 0.460. The highest BCUT2D eigenvalue weighted by Crippen LogP contribution is 2.33. The van der Waals surface area contributed by atoms with Gasteiger partial charge in [-0.15, -0.1) is 0 Å². The van der Waals surface area contributed by atoms with Crippen molar-refractivity contribution in [2.24, 2.45) is 5.92 Å². The summed E-state index contributed by atoms with van der Waals surface area (Å²) in [4.78, 5) is 50.6. The molecule has 3 heterocycles. The van der Waals surface area contributed by atoms with Gasteiger partial charge in [0.2, 0.25) is 15.9 Å². The molecular weight excluding hydrogens is 719 g/mol. The lowest BCUT2D eigenvalue weighted by atomic mass is 10.0. The number of imidazole rings is 1. The van der Waals surface area contributed by atoms with E-state index in [9.17, 15) is 22.8 Å². The number of nitrogens with zero attached hydrogens (tertiary/aromatic N) is 4.